The number of likely N-dealkylation sites (tertiary alicyclic amines) is 1. The Labute approximate surface area is 133 Å². The minimum absolute atomic E-state index is 0.212. The van der Waals surface area contributed by atoms with Gasteiger partial charge in [-0.05, 0) is 38.1 Å². The second-order valence-corrected chi connectivity index (χ2v) is 7.24. The van der Waals surface area contributed by atoms with Gasteiger partial charge in [0.15, 0.2) is 0 Å². The standard InChI is InChI=1S/C17H18FNO2S/c1-17(16(20)21)8-9-19(11-17)10-12-6-7-15(22-12)13-4-2-3-5-14(13)18/h2-7H,8-11H2,1H3,(H,20,21). The summed E-state index contributed by atoms with van der Waals surface area (Å²) in [7, 11) is 0. The molecule has 5 heteroatoms. The van der Waals surface area contributed by atoms with Gasteiger partial charge in [0.25, 0.3) is 0 Å². The molecule has 0 bridgehead atoms. The molecule has 0 spiro atoms. The van der Waals surface area contributed by atoms with E-state index in [1.54, 1.807) is 30.4 Å². The molecule has 1 unspecified atom stereocenters. The third-order valence-corrected chi connectivity index (χ3v) is 5.35. The fourth-order valence-corrected chi connectivity index (χ4v) is 3.93. The first-order valence-electron chi connectivity index (χ1n) is 7.27. The third kappa shape index (κ3) is 2.91. The summed E-state index contributed by atoms with van der Waals surface area (Å²) in [6.45, 7) is 3.88. The predicted octanol–water partition coefficient (Wildman–Crippen LogP) is 3.85. The molecule has 116 valence electrons. The smallest absolute Gasteiger partial charge is 0.310 e. The first kappa shape index (κ1) is 15.2. The lowest BCUT2D eigenvalue weighted by atomic mass is 9.90. The molecular formula is C17H18FNO2S. The molecule has 0 radical (unpaired) electrons. The van der Waals surface area contributed by atoms with Gasteiger partial charge in [-0.2, -0.15) is 0 Å². The van der Waals surface area contributed by atoms with Crippen molar-refractivity contribution in [1.29, 1.82) is 0 Å². The van der Waals surface area contributed by atoms with Crippen LogP contribution in [-0.4, -0.2) is 29.1 Å². The van der Waals surface area contributed by atoms with Crippen molar-refractivity contribution >= 4 is 17.3 Å². The summed E-state index contributed by atoms with van der Waals surface area (Å²) >= 11 is 1.57. The molecule has 3 nitrogen and oxygen atoms in total. The fraction of sp³-hybridized carbons (Fsp3) is 0.353. The maximum atomic E-state index is 13.8. The molecule has 1 aromatic heterocycles. The molecule has 0 amide bonds. The minimum Gasteiger partial charge on any atom is -0.481 e. The van der Waals surface area contributed by atoms with E-state index in [0.29, 0.717) is 18.5 Å². The van der Waals surface area contributed by atoms with Crippen LogP contribution in [0.1, 0.15) is 18.2 Å². The van der Waals surface area contributed by atoms with E-state index >= 15 is 0 Å². The highest BCUT2D eigenvalue weighted by atomic mass is 32.1. The van der Waals surface area contributed by atoms with Crippen LogP contribution in [0.2, 0.25) is 0 Å². The largest absolute Gasteiger partial charge is 0.481 e. The number of aliphatic carboxylic acids is 1. The van der Waals surface area contributed by atoms with E-state index in [2.05, 4.69) is 4.90 Å². The van der Waals surface area contributed by atoms with Crippen molar-refractivity contribution in [1.82, 2.24) is 4.90 Å². The predicted molar refractivity (Wildman–Crippen MR) is 85.3 cm³/mol. The zero-order valence-electron chi connectivity index (χ0n) is 12.4. The average molecular weight is 319 g/mol. The second-order valence-electron chi connectivity index (χ2n) is 6.07. The van der Waals surface area contributed by atoms with Crippen molar-refractivity contribution in [2.75, 3.05) is 13.1 Å². The molecule has 1 aliphatic rings. The van der Waals surface area contributed by atoms with Crippen molar-refractivity contribution in [3.05, 3.63) is 47.1 Å². The first-order valence-corrected chi connectivity index (χ1v) is 8.09. The Morgan fingerprint density at radius 2 is 2.14 bits per heavy atom. The van der Waals surface area contributed by atoms with E-state index in [4.69, 9.17) is 0 Å². The maximum Gasteiger partial charge on any atom is 0.310 e. The molecular weight excluding hydrogens is 301 g/mol. The average Bonchev–Trinajstić information content (AvgIpc) is 3.08. The number of thiophene rings is 1. The van der Waals surface area contributed by atoms with Crippen molar-refractivity contribution in [3.63, 3.8) is 0 Å². The molecule has 2 aromatic rings. The normalized spacial score (nSPS) is 22.1. The van der Waals surface area contributed by atoms with Gasteiger partial charge < -0.3 is 5.11 Å². The van der Waals surface area contributed by atoms with Crippen molar-refractivity contribution in [2.24, 2.45) is 5.41 Å². The van der Waals surface area contributed by atoms with Gasteiger partial charge in [0.2, 0.25) is 0 Å². The van der Waals surface area contributed by atoms with Gasteiger partial charge in [-0.3, -0.25) is 9.69 Å². The molecule has 1 aliphatic heterocycles. The highest BCUT2D eigenvalue weighted by molar-refractivity contribution is 7.15. The Morgan fingerprint density at radius 1 is 1.36 bits per heavy atom. The fourth-order valence-electron chi connectivity index (χ4n) is 2.86. The van der Waals surface area contributed by atoms with E-state index in [9.17, 15) is 14.3 Å². The monoisotopic (exact) mass is 319 g/mol. The number of hydrogen-bond donors (Lipinski definition) is 1. The van der Waals surface area contributed by atoms with Crippen LogP contribution in [0.15, 0.2) is 36.4 Å². The van der Waals surface area contributed by atoms with Gasteiger partial charge in [0, 0.05) is 28.4 Å². The Kier molecular flexibility index (Phi) is 4.02. The summed E-state index contributed by atoms with van der Waals surface area (Å²) < 4.78 is 13.8. The quantitative estimate of drug-likeness (QED) is 0.930. The van der Waals surface area contributed by atoms with Gasteiger partial charge >= 0.3 is 5.97 Å². The molecule has 1 N–H and O–H groups in total. The van der Waals surface area contributed by atoms with E-state index in [0.717, 1.165) is 22.8 Å². The minimum atomic E-state index is -0.728. The lowest BCUT2D eigenvalue weighted by molar-refractivity contribution is -0.147. The number of carbonyl (C=O) groups is 1. The molecule has 1 fully saturated rings. The van der Waals surface area contributed by atoms with Crippen LogP contribution in [0, 0.1) is 11.2 Å². The van der Waals surface area contributed by atoms with Gasteiger partial charge in [-0.1, -0.05) is 18.2 Å². The first-order chi connectivity index (χ1) is 10.5. The summed E-state index contributed by atoms with van der Waals surface area (Å²) in [6.07, 6.45) is 0.674. The lowest BCUT2D eigenvalue weighted by Gasteiger charge is -2.19. The zero-order chi connectivity index (χ0) is 15.7. The summed E-state index contributed by atoms with van der Waals surface area (Å²) in [5.74, 6) is -0.941. The van der Waals surface area contributed by atoms with Crippen LogP contribution >= 0.6 is 11.3 Å². The Balaban J connectivity index is 1.71. The number of benzene rings is 1. The van der Waals surface area contributed by atoms with Crippen LogP contribution < -0.4 is 0 Å². The molecule has 22 heavy (non-hydrogen) atoms. The molecule has 3 rings (SSSR count). The summed E-state index contributed by atoms with van der Waals surface area (Å²) in [6, 6.07) is 10.7. The molecule has 0 aliphatic carbocycles. The van der Waals surface area contributed by atoms with Crippen LogP contribution in [0.5, 0.6) is 0 Å². The van der Waals surface area contributed by atoms with Gasteiger partial charge in [-0.15, -0.1) is 11.3 Å². The Hall–Kier alpha value is -1.72. The number of rotatable bonds is 4. The number of nitrogens with zero attached hydrogens (tertiary/aromatic N) is 1. The van der Waals surface area contributed by atoms with E-state index < -0.39 is 11.4 Å². The SMILES string of the molecule is CC1(C(=O)O)CCN(Cc2ccc(-c3ccccc3F)s2)C1. The van der Waals surface area contributed by atoms with Crippen molar-refractivity contribution in [2.45, 2.75) is 19.9 Å². The number of halogens is 1. The second kappa shape index (κ2) is 5.82. The van der Waals surface area contributed by atoms with Crippen molar-refractivity contribution < 1.29 is 14.3 Å². The highest BCUT2D eigenvalue weighted by Gasteiger charge is 2.40. The molecule has 1 aromatic carbocycles. The third-order valence-electron chi connectivity index (χ3n) is 4.25. The number of carboxylic acid groups (broad SMARTS) is 1. The maximum absolute atomic E-state index is 13.8. The van der Waals surface area contributed by atoms with Crippen molar-refractivity contribution in [3.8, 4) is 10.4 Å². The van der Waals surface area contributed by atoms with E-state index in [1.165, 1.54) is 6.07 Å². The van der Waals surface area contributed by atoms with Crippen LogP contribution in [0.3, 0.4) is 0 Å². The summed E-state index contributed by atoms with van der Waals surface area (Å²) in [5.41, 5.74) is -0.0263. The Morgan fingerprint density at radius 3 is 2.82 bits per heavy atom. The molecule has 2 heterocycles. The topological polar surface area (TPSA) is 40.5 Å². The summed E-state index contributed by atoms with van der Waals surface area (Å²) in [4.78, 5) is 15.5. The van der Waals surface area contributed by atoms with Gasteiger partial charge in [0.1, 0.15) is 5.82 Å². The zero-order valence-corrected chi connectivity index (χ0v) is 13.2. The van der Waals surface area contributed by atoms with Crippen LogP contribution in [-0.2, 0) is 11.3 Å². The molecule has 1 atom stereocenters. The van der Waals surface area contributed by atoms with E-state index in [1.807, 2.05) is 18.2 Å². The van der Waals surface area contributed by atoms with Gasteiger partial charge in [0.05, 0.1) is 5.41 Å². The number of hydrogen-bond acceptors (Lipinski definition) is 3. The summed E-state index contributed by atoms with van der Waals surface area (Å²) in [5, 5.41) is 9.27. The number of carboxylic acids is 1. The highest BCUT2D eigenvalue weighted by Crippen LogP contribution is 2.34. The molecule has 1 saturated heterocycles. The Bertz CT molecular complexity index is 699. The van der Waals surface area contributed by atoms with Gasteiger partial charge in [-0.25, -0.2) is 4.39 Å². The molecule has 0 saturated carbocycles. The van der Waals surface area contributed by atoms with Crippen LogP contribution in [0.4, 0.5) is 4.39 Å². The van der Waals surface area contributed by atoms with Crippen LogP contribution in [0.25, 0.3) is 10.4 Å². The van der Waals surface area contributed by atoms with E-state index in [-0.39, 0.29) is 5.82 Å². The lowest BCUT2D eigenvalue weighted by Crippen LogP contribution is -2.31.